The maximum absolute atomic E-state index is 6.16. The van der Waals surface area contributed by atoms with Crippen molar-refractivity contribution in [3.63, 3.8) is 0 Å². The number of rotatable bonds is 10. The molecule has 2 heteroatoms. The van der Waals surface area contributed by atoms with Crippen molar-refractivity contribution >= 4 is 0 Å². The van der Waals surface area contributed by atoms with Gasteiger partial charge in [0.15, 0.2) is 0 Å². The molecule has 2 N–H and O–H groups in total. The number of hydrogen-bond acceptors (Lipinski definition) is 2. The van der Waals surface area contributed by atoms with Crippen molar-refractivity contribution < 1.29 is 4.42 Å². The number of aryl methyl sites for hydroxylation is 1. The first-order valence-electron chi connectivity index (χ1n) is 7.55. The molecule has 1 aromatic heterocycles. The maximum Gasteiger partial charge on any atom is 0.105 e. The van der Waals surface area contributed by atoms with Gasteiger partial charge in [-0.3, -0.25) is 0 Å². The summed E-state index contributed by atoms with van der Waals surface area (Å²) in [5, 5.41) is 0. The molecule has 1 atom stereocenters. The van der Waals surface area contributed by atoms with E-state index in [-0.39, 0.29) is 6.04 Å². The van der Waals surface area contributed by atoms with E-state index >= 15 is 0 Å². The molecule has 0 amide bonds. The van der Waals surface area contributed by atoms with Gasteiger partial charge >= 0.3 is 0 Å². The molecule has 0 radical (unpaired) electrons. The highest BCUT2D eigenvalue weighted by molar-refractivity contribution is 5.19. The van der Waals surface area contributed by atoms with E-state index in [2.05, 4.69) is 6.92 Å². The van der Waals surface area contributed by atoms with E-state index in [1.807, 2.05) is 13.0 Å². The molecule has 0 aliphatic carbocycles. The van der Waals surface area contributed by atoms with Crippen LogP contribution in [0.2, 0.25) is 0 Å². The highest BCUT2D eigenvalue weighted by Gasteiger charge is 2.10. The largest absolute Gasteiger partial charge is 0.469 e. The predicted octanol–water partition coefficient (Wildman–Crippen LogP) is 5.12. The molecule has 18 heavy (non-hydrogen) atoms. The Balaban J connectivity index is 1.99. The zero-order valence-corrected chi connectivity index (χ0v) is 12.1. The maximum atomic E-state index is 6.16. The van der Waals surface area contributed by atoms with Gasteiger partial charge < -0.3 is 10.2 Å². The molecule has 0 saturated heterocycles. The predicted molar refractivity (Wildman–Crippen MR) is 77.6 cm³/mol. The molecule has 0 bridgehead atoms. The lowest BCUT2D eigenvalue weighted by atomic mass is 10.0. The number of nitrogens with two attached hydrogens (primary N) is 1. The Hall–Kier alpha value is -0.760. The second kappa shape index (κ2) is 9.21. The van der Waals surface area contributed by atoms with Gasteiger partial charge in [0.25, 0.3) is 0 Å². The average molecular weight is 251 g/mol. The Morgan fingerprint density at radius 3 is 2.22 bits per heavy atom. The first-order valence-corrected chi connectivity index (χ1v) is 7.55. The third kappa shape index (κ3) is 5.72. The summed E-state index contributed by atoms with van der Waals surface area (Å²) in [7, 11) is 0. The minimum atomic E-state index is 0.156. The van der Waals surface area contributed by atoms with Gasteiger partial charge in [-0.2, -0.15) is 0 Å². The third-order valence-electron chi connectivity index (χ3n) is 3.67. The van der Waals surface area contributed by atoms with Gasteiger partial charge in [-0.25, -0.2) is 0 Å². The van der Waals surface area contributed by atoms with Crippen LogP contribution in [0.1, 0.15) is 82.1 Å². The molecule has 1 rings (SSSR count). The molecule has 0 aromatic carbocycles. The molecule has 104 valence electrons. The molecule has 1 aromatic rings. The quantitative estimate of drug-likeness (QED) is 0.586. The Bertz CT molecular complexity index is 306. The van der Waals surface area contributed by atoms with Gasteiger partial charge in [0.2, 0.25) is 0 Å². The highest BCUT2D eigenvalue weighted by Crippen LogP contribution is 2.22. The van der Waals surface area contributed by atoms with Crippen LogP contribution in [0.25, 0.3) is 0 Å². The number of furan rings is 1. The zero-order valence-electron chi connectivity index (χ0n) is 12.1. The monoisotopic (exact) mass is 251 g/mol. The lowest BCUT2D eigenvalue weighted by Crippen LogP contribution is -2.10. The zero-order chi connectivity index (χ0) is 13.2. The van der Waals surface area contributed by atoms with Crippen LogP contribution in [-0.4, -0.2) is 0 Å². The van der Waals surface area contributed by atoms with Crippen molar-refractivity contribution in [2.75, 3.05) is 0 Å². The molecular formula is C16H29NO. The molecule has 2 nitrogen and oxygen atoms in total. The summed E-state index contributed by atoms with van der Waals surface area (Å²) in [6.07, 6.45) is 13.7. The number of unbranched alkanes of at least 4 members (excludes halogenated alkanes) is 7. The van der Waals surface area contributed by atoms with Crippen molar-refractivity contribution in [1.82, 2.24) is 0 Å². The van der Waals surface area contributed by atoms with E-state index in [9.17, 15) is 0 Å². The standard InChI is InChI=1S/C16H29NO/c1-3-4-5-6-7-8-9-10-11-16(17)15-12-13-18-14(15)2/h12-13,16H,3-11,17H2,1-2H3. The molecule has 0 aliphatic heterocycles. The fraction of sp³-hybridized carbons (Fsp3) is 0.750. The first-order chi connectivity index (χ1) is 8.75. The summed E-state index contributed by atoms with van der Waals surface area (Å²) in [6, 6.07) is 2.16. The summed E-state index contributed by atoms with van der Waals surface area (Å²) in [6.45, 7) is 4.25. The molecule has 0 fully saturated rings. The minimum Gasteiger partial charge on any atom is -0.469 e. The lowest BCUT2D eigenvalue weighted by molar-refractivity contribution is 0.508. The summed E-state index contributed by atoms with van der Waals surface area (Å²) in [5.41, 5.74) is 7.34. The van der Waals surface area contributed by atoms with Gasteiger partial charge in [0, 0.05) is 11.6 Å². The van der Waals surface area contributed by atoms with Gasteiger partial charge in [0.05, 0.1) is 6.26 Å². The van der Waals surface area contributed by atoms with Crippen LogP contribution >= 0.6 is 0 Å². The van der Waals surface area contributed by atoms with Crippen LogP contribution in [0, 0.1) is 6.92 Å². The van der Waals surface area contributed by atoms with Crippen LogP contribution in [0.4, 0.5) is 0 Å². The van der Waals surface area contributed by atoms with E-state index in [0.717, 1.165) is 12.2 Å². The SMILES string of the molecule is CCCCCCCCCCC(N)c1ccoc1C. The van der Waals surface area contributed by atoms with E-state index in [4.69, 9.17) is 10.2 Å². The van der Waals surface area contributed by atoms with Crippen LogP contribution in [0.15, 0.2) is 16.7 Å². The molecule has 0 saturated carbocycles. The Morgan fingerprint density at radius 1 is 1.06 bits per heavy atom. The summed E-state index contributed by atoms with van der Waals surface area (Å²) < 4.78 is 5.29. The number of hydrogen-bond donors (Lipinski definition) is 1. The van der Waals surface area contributed by atoms with E-state index in [1.54, 1.807) is 6.26 Å². The Kier molecular flexibility index (Phi) is 7.83. The molecule has 0 spiro atoms. The summed E-state index contributed by atoms with van der Waals surface area (Å²) in [5.74, 6) is 0.974. The molecule has 1 unspecified atom stereocenters. The van der Waals surface area contributed by atoms with Gasteiger partial charge in [0.1, 0.15) is 5.76 Å². The Morgan fingerprint density at radius 2 is 1.67 bits per heavy atom. The van der Waals surface area contributed by atoms with Crippen LogP contribution < -0.4 is 5.73 Å². The molecule has 0 aliphatic rings. The van der Waals surface area contributed by atoms with Crippen molar-refractivity contribution in [3.05, 3.63) is 23.7 Å². The van der Waals surface area contributed by atoms with Crippen LogP contribution in [0.5, 0.6) is 0 Å². The smallest absolute Gasteiger partial charge is 0.105 e. The third-order valence-corrected chi connectivity index (χ3v) is 3.67. The van der Waals surface area contributed by atoms with E-state index in [1.165, 1.54) is 56.9 Å². The fourth-order valence-corrected chi connectivity index (χ4v) is 2.43. The molecular weight excluding hydrogens is 222 g/mol. The second-order valence-electron chi connectivity index (χ2n) is 5.30. The normalized spacial score (nSPS) is 12.8. The second-order valence-corrected chi connectivity index (χ2v) is 5.30. The Labute approximate surface area is 112 Å². The summed E-state index contributed by atoms with van der Waals surface area (Å²) >= 11 is 0. The van der Waals surface area contributed by atoms with E-state index < -0.39 is 0 Å². The fourth-order valence-electron chi connectivity index (χ4n) is 2.43. The van der Waals surface area contributed by atoms with Crippen molar-refractivity contribution in [2.45, 2.75) is 77.7 Å². The van der Waals surface area contributed by atoms with Crippen molar-refractivity contribution in [2.24, 2.45) is 5.73 Å². The topological polar surface area (TPSA) is 39.2 Å². The lowest BCUT2D eigenvalue weighted by Gasteiger charge is -2.10. The molecule has 1 heterocycles. The van der Waals surface area contributed by atoms with Crippen molar-refractivity contribution in [1.29, 1.82) is 0 Å². The van der Waals surface area contributed by atoms with Gasteiger partial charge in [-0.1, -0.05) is 58.3 Å². The highest BCUT2D eigenvalue weighted by atomic mass is 16.3. The van der Waals surface area contributed by atoms with Gasteiger partial charge in [-0.15, -0.1) is 0 Å². The average Bonchev–Trinajstić information content (AvgIpc) is 2.79. The van der Waals surface area contributed by atoms with E-state index in [0.29, 0.717) is 0 Å². The van der Waals surface area contributed by atoms with Gasteiger partial charge in [-0.05, 0) is 19.4 Å². The van der Waals surface area contributed by atoms with Crippen LogP contribution in [0.3, 0.4) is 0 Å². The summed E-state index contributed by atoms with van der Waals surface area (Å²) in [4.78, 5) is 0. The minimum absolute atomic E-state index is 0.156. The van der Waals surface area contributed by atoms with Crippen molar-refractivity contribution in [3.8, 4) is 0 Å². The first kappa shape index (κ1) is 15.3. The van der Waals surface area contributed by atoms with Crippen LogP contribution in [-0.2, 0) is 0 Å².